The van der Waals surface area contributed by atoms with Crippen LogP contribution in [-0.4, -0.2) is 50.5 Å². The molecule has 0 unspecified atom stereocenters. The molecule has 214 valence electrons. The molecule has 0 aromatic heterocycles. The molecule has 40 heavy (non-hydrogen) atoms. The van der Waals surface area contributed by atoms with Crippen LogP contribution in [0.25, 0.3) is 0 Å². The SMILES string of the molecule is CCCCNC(=O)[C@@H](Cc1ccccc1)N(Cc1c(Cl)cccc1Cl)C(=O)CN(c1cccc(Br)c1)S(C)(=O)=O. The van der Waals surface area contributed by atoms with Crippen molar-refractivity contribution < 1.29 is 18.0 Å². The van der Waals surface area contributed by atoms with Crippen molar-refractivity contribution in [3.63, 3.8) is 0 Å². The molecule has 0 fully saturated rings. The zero-order valence-electron chi connectivity index (χ0n) is 22.3. The zero-order chi connectivity index (χ0) is 29.3. The highest BCUT2D eigenvalue weighted by atomic mass is 79.9. The Bertz CT molecular complexity index is 1400. The standard InChI is InChI=1S/C29H32BrCl2N3O4S/c1-3-4-16-33-29(37)27(17-21-10-6-5-7-11-21)34(19-24-25(31)14-9-15-26(24)32)28(36)20-35(40(2,38)39)23-13-8-12-22(30)18-23/h5-15,18,27H,3-4,16-17,19-20H2,1-2H3,(H,33,37)/t27-/m1/s1. The minimum Gasteiger partial charge on any atom is -0.354 e. The van der Waals surface area contributed by atoms with Gasteiger partial charge < -0.3 is 10.2 Å². The van der Waals surface area contributed by atoms with Crippen LogP contribution in [0.15, 0.2) is 77.3 Å². The molecule has 1 atom stereocenters. The second-order valence-corrected chi connectivity index (χ2v) is 13.0. The highest BCUT2D eigenvalue weighted by molar-refractivity contribution is 9.10. The predicted molar refractivity (Wildman–Crippen MR) is 165 cm³/mol. The molecule has 0 aliphatic rings. The Labute approximate surface area is 254 Å². The number of carbonyl (C=O) groups excluding carboxylic acids is 2. The molecular weight excluding hydrogens is 637 g/mol. The van der Waals surface area contributed by atoms with E-state index < -0.39 is 28.5 Å². The van der Waals surface area contributed by atoms with Crippen LogP contribution < -0.4 is 9.62 Å². The van der Waals surface area contributed by atoms with Crippen molar-refractivity contribution in [3.05, 3.63) is 98.4 Å². The van der Waals surface area contributed by atoms with Crippen molar-refractivity contribution in [2.24, 2.45) is 0 Å². The average Bonchev–Trinajstić information content (AvgIpc) is 2.90. The third-order valence-corrected chi connectivity index (χ3v) is 8.61. The summed E-state index contributed by atoms with van der Waals surface area (Å²) in [4.78, 5) is 29.1. The highest BCUT2D eigenvalue weighted by Crippen LogP contribution is 2.28. The molecule has 11 heteroatoms. The number of unbranched alkanes of at least 4 members (excludes halogenated alkanes) is 1. The fourth-order valence-electron chi connectivity index (χ4n) is 4.16. The van der Waals surface area contributed by atoms with E-state index in [0.717, 1.165) is 29.0 Å². The lowest BCUT2D eigenvalue weighted by Crippen LogP contribution is -2.53. The predicted octanol–water partition coefficient (Wildman–Crippen LogP) is 6.08. The number of amides is 2. The summed E-state index contributed by atoms with van der Waals surface area (Å²) >= 11 is 16.3. The topological polar surface area (TPSA) is 86.8 Å². The molecule has 0 spiro atoms. The maximum Gasteiger partial charge on any atom is 0.244 e. The minimum atomic E-state index is -3.86. The summed E-state index contributed by atoms with van der Waals surface area (Å²) in [7, 11) is -3.86. The van der Waals surface area contributed by atoms with Gasteiger partial charge in [-0.3, -0.25) is 13.9 Å². The maximum atomic E-state index is 14.1. The lowest BCUT2D eigenvalue weighted by Gasteiger charge is -2.34. The molecule has 0 bridgehead atoms. The molecule has 3 aromatic carbocycles. The van der Waals surface area contributed by atoms with E-state index in [1.54, 1.807) is 42.5 Å². The van der Waals surface area contributed by atoms with Crippen molar-refractivity contribution in [1.82, 2.24) is 10.2 Å². The first-order valence-corrected chi connectivity index (χ1v) is 16.2. The third-order valence-electron chi connectivity index (χ3n) is 6.27. The first-order chi connectivity index (χ1) is 19.0. The summed E-state index contributed by atoms with van der Waals surface area (Å²) in [6, 6.07) is 20.0. The van der Waals surface area contributed by atoms with E-state index in [9.17, 15) is 18.0 Å². The Balaban J connectivity index is 2.08. The van der Waals surface area contributed by atoms with Crippen molar-refractivity contribution in [1.29, 1.82) is 0 Å². The van der Waals surface area contributed by atoms with Crippen LogP contribution in [0.2, 0.25) is 10.0 Å². The fraction of sp³-hybridized carbons (Fsp3) is 0.310. The van der Waals surface area contributed by atoms with Crippen molar-refractivity contribution >= 4 is 66.7 Å². The van der Waals surface area contributed by atoms with Crippen LogP contribution in [0.1, 0.15) is 30.9 Å². The Morgan fingerprint density at radius 1 is 0.975 bits per heavy atom. The third kappa shape index (κ3) is 8.96. The molecule has 1 N–H and O–H groups in total. The molecule has 0 aliphatic carbocycles. The van der Waals surface area contributed by atoms with Gasteiger partial charge >= 0.3 is 0 Å². The summed E-state index contributed by atoms with van der Waals surface area (Å²) in [6.07, 6.45) is 2.91. The minimum absolute atomic E-state index is 0.0911. The second-order valence-electron chi connectivity index (χ2n) is 9.32. The van der Waals surface area contributed by atoms with Gasteiger partial charge in [-0.25, -0.2) is 8.42 Å². The fourth-order valence-corrected chi connectivity index (χ4v) is 5.90. The van der Waals surface area contributed by atoms with Gasteiger partial charge in [0.1, 0.15) is 12.6 Å². The van der Waals surface area contributed by atoms with Gasteiger partial charge in [0.05, 0.1) is 11.9 Å². The maximum absolute atomic E-state index is 14.1. The first-order valence-electron chi connectivity index (χ1n) is 12.8. The molecule has 3 rings (SSSR count). The highest BCUT2D eigenvalue weighted by Gasteiger charge is 2.33. The van der Waals surface area contributed by atoms with Gasteiger partial charge in [-0.05, 0) is 42.3 Å². The summed E-state index contributed by atoms with van der Waals surface area (Å²) in [6.45, 7) is 1.85. The molecular formula is C29H32BrCl2N3O4S. The van der Waals surface area contributed by atoms with Crippen LogP contribution in [-0.2, 0) is 32.6 Å². The van der Waals surface area contributed by atoms with Gasteiger partial charge in [0.2, 0.25) is 21.8 Å². The lowest BCUT2D eigenvalue weighted by molar-refractivity contribution is -0.140. The first kappa shape index (κ1) is 31.9. The van der Waals surface area contributed by atoms with Crippen molar-refractivity contribution in [2.75, 3.05) is 23.7 Å². The van der Waals surface area contributed by atoms with Crippen LogP contribution >= 0.6 is 39.1 Å². The molecule has 0 saturated carbocycles. The van der Waals surface area contributed by atoms with Gasteiger partial charge in [0.25, 0.3) is 0 Å². The van der Waals surface area contributed by atoms with Gasteiger partial charge in [-0.1, -0.05) is 94.9 Å². The van der Waals surface area contributed by atoms with E-state index in [1.165, 1.54) is 4.90 Å². The van der Waals surface area contributed by atoms with E-state index in [1.807, 2.05) is 37.3 Å². The molecule has 3 aromatic rings. The Morgan fingerprint density at radius 3 is 2.23 bits per heavy atom. The van der Waals surface area contributed by atoms with E-state index >= 15 is 0 Å². The normalized spacial score (nSPS) is 12.0. The Kier molecular flexibility index (Phi) is 11.9. The second kappa shape index (κ2) is 14.9. The number of nitrogens with one attached hydrogen (secondary N) is 1. The van der Waals surface area contributed by atoms with E-state index in [2.05, 4.69) is 21.2 Å². The van der Waals surface area contributed by atoms with E-state index in [-0.39, 0.29) is 18.9 Å². The number of nitrogens with zero attached hydrogens (tertiary/aromatic N) is 2. The monoisotopic (exact) mass is 667 g/mol. The average molecular weight is 669 g/mol. The Hall–Kier alpha value is -2.59. The van der Waals surface area contributed by atoms with Crippen molar-refractivity contribution in [3.8, 4) is 0 Å². The smallest absolute Gasteiger partial charge is 0.244 e. The molecule has 2 amide bonds. The molecule has 0 radical (unpaired) electrons. The van der Waals surface area contributed by atoms with Gasteiger partial charge in [-0.15, -0.1) is 0 Å². The van der Waals surface area contributed by atoms with Gasteiger partial charge in [0.15, 0.2) is 0 Å². The quantitative estimate of drug-likeness (QED) is 0.224. The lowest BCUT2D eigenvalue weighted by atomic mass is 10.0. The van der Waals surface area contributed by atoms with E-state index in [4.69, 9.17) is 23.2 Å². The van der Waals surface area contributed by atoms with Crippen LogP contribution in [0, 0.1) is 0 Å². The summed E-state index contributed by atoms with van der Waals surface area (Å²) in [5, 5.41) is 3.61. The Morgan fingerprint density at radius 2 is 1.62 bits per heavy atom. The number of carbonyl (C=O) groups is 2. The number of rotatable bonds is 13. The largest absolute Gasteiger partial charge is 0.354 e. The molecule has 0 aliphatic heterocycles. The summed E-state index contributed by atoms with van der Waals surface area (Å²) in [5.41, 5.74) is 1.62. The molecule has 0 heterocycles. The number of halogens is 3. The van der Waals surface area contributed by atoms with Crippen LogP contribution in [0.4, 0.5) is 5.69 Å². The summed E-state index contributed by atoms with van der Waals surface area (Å²) in [5.74, 6) is -0.921. The number of anilines is 1. The summed E-state index contributed by atoms with van der Waals surface area (Å²) < 4.78 is 27.4. The molecule has 7 nitrogen and oxygen atoms in total. The molecule has 0 saturated heterocycles. The zero-order valence-corrected chi connectivity index (χ0v) is 26.2. The van der Waals surface area contributed by atoms with Crippen LogP contribution in [0.5, 0.6) is 0 Å². The van der Waals surface area contributed by atoms with Gasteiger partial charge in [0, 0.05) is 39.6 Å². The van der Waals surface area contributed by atoms with Gasteiger partial charge in [-0.2, -0.15) is 0 Å². The number of hydrogen-bond acceptors (Lipinski definition) is 4. The van der Waals surface area contributed by atoms with E-state index in [0.29, 0.717) is 32.3 Å². The van der Waals surface area contributed by atoms with Crippen molar-refractivity contribution in [2.45, 2.75) is 38.8 Å². The number of hydrogen-bond donors (Lipinski definition) is 1. The number of sulfonamides is 1. The number of benzene rings is 3. The van der Waals surface area contributed by atoms with Crippen LogP contribution in [0.3, 0.4) is 0 Å².